The third-order valence-corrected chi connectivity index (χ3v) is 3.99. The third kappa shape index (κ3) is 4.21. The largest absolute Gasteiger partial charge is 0.481 e. The molecule has 2 unspecified atom stereocenters. The summed E-state index contributed by atoms with van der Waals surface area (Å²) in [5.74, 6) is 0.693. The van der Waals surface area contributed by atoms with E-state index in [-0.39, 0.29) is 11.9 Å². The van der Waals surface area contributed by atoms with Gasteiger partial charge >= 0.3 is 0 Å². The van der Waals surface area contributed by atoms with Crippen LogP contribution in [0, 0.1) is 0 Å². The number of carbonyl (C=O) groups excluding carboxylic acids is 1. The summed E-state index contributed by atoms with van der Waals surface area (Å²) in [6.07, 6.45) is 4.79. The molecular formula is C17H26N2O2. The first-order valence-corrected chi connectivity index (χ1v) is 7.94. The van der Waals surface area contributed by atoms with E-state index in [0.717, 1.165) is 37.9 Å². The van der Waals surface area contributed by atoms with Crippen molar-refractivity contribution in [3.63, 3.8) is 0 Å². The van der Waals surface area contributed by atoms with E-state index in [0.29, 0.717) is 6.54 Å². The first-order chi connectivity index (χ1) is 10.1. The summed E-state index contributed by atoms with van der Waals surface area (Å²) in [7, 11) is 0. The van der Waals surface area contributed by atoms with Gasteiger partial charge in [-0.1, -0.05) is 19.4 Å². The van der Waals surface area contributed by atoms with Crippen molar-refractivity contribution in [3.05, 3.63) is 29.3 Å². The standard InChI is InChI=1S/C17H26N2O2/c1-3-4-10-19-17(20)12(2)21-14-8-9-15-13(11-14)6-5-7-16(15)18/h8-9,11-12,16H,3-7,10,18H2,1-2H3,(H,19,20). The SMILES string of the molecule is CCCCNC(=O)C(C)Oc1ccc2c(c1)CCCC2N. The van der Waals surface area contributed by atoms with Gasteiger partial charge in [0.2, 0.25) is 0 Å². The van der Waals surface area contributed by atoms with Gasteiger partial charge in [0.1, 0.15) is 5.75 Å². The van der Waals surface area contributed by atoms with Gasteiger partial charge in [-0.3, -0.25) is 4.79 Å². The molecule has 0 aliphatic heterocycles. The summed E-state index contributed by atoms with van der Waals surface area (Å²) in [6, 6.07) is 6.12. The smallest absolute Gasteiger partial charge is 0.260 e. The van der Waals surface area contributed by atoms with Gasteiger partial charge in [0.25, 0.3) is 5.91 Å². The fourth-order valence-corrected chi connectivity index (χ4v) is 2.69. The summed E-state index contributed by atoms with van der Waals surface area (Å²) in [5.41, 5.74) is 8.58. The highest BCUT2D eigenvalue weighted by atomic mass is 16.5. The highest BCUT2D eigenvalue weighted by Crippen LogP contribution is 2.30. The second-order valence-corrected chi connectivity index (χ2v) is 5.76. The fraction of sp³-hybridized carbons (Fsp3) is 0.588. The van der Waals surface area contributed by atoms with E-state index in [4.69, 9.17) is 10.5 Å². The minimum Gasteiger partial charge on any atom is -0.481 e. The normalized spacial score (nSPS) is 18.7. The zero-order chi connectivity index (χ0) is 15.2. The zero-order valence-corrected chi connectivity index (χ0v) is 13.0. The van der Waals surface area contributed by atoms with Gasteiger partial charge in [0.05, 0.1) is 0 Å². The zero-order valence-electron chi connectivity index (χ0n) is 13.0. The van der Waals surface area contributed by atoms with Crippen LogP contribution in [0.2, 0.25) is 0 Å². The first-order valence-electron chi connectivity index (χ1n) is 7.94. The number of nitrogens with two attached hydrogens (primary N) is 1. The van der Waals surface area contributed by atoms with E-state index in [1.54, 1.807) is 6.92 Å². The molecular weight excluding hydrogens is 264 g/mol. The number of nitrogens with one attached hydrogen (secondary N) is 1. The predicted molar refractivity (Wildman–Crippen MR) is 84.3 cm³/mol. The maximum absolute atomic E-state index is 11.9. The second-order valence-electron chi connectivity index (χ2n) is 5.76. The predicted octanol–water partition coefficient (Wildman–Crippen LogP) is 2.71. The molecule has 1 amide bonds. The lowest BCUT2D eigenvalue weighted by molar-refractivity contribution is -0.127. The molecule has 0 radical (unpaired) electrons. The summed E-state index contributed by atoms with van der Waals surface area (Å²) < 4.78 is 5.76. The Balaban J connectivity index is 1.95. The second kappa shape index (κ2) is 7.46. The van der Waals surface area contributed by atoms with Crippen LogP contribution in [0.3, 0.4) is 0 Å². The van der Waals surface area contributed by atoms with Crippen LogP contribution in [0.5, 0.6) is 5.75 Å². The number of ether oxygens (including phenoxy) is 1. The van der Waals surface area contributed by atoms with Crippen molar-refractivity contribution in [2.75, 3.05) is 6.54 Å². The first kappa shape index (κ1) is 15.8. The number of carbonyl (C=O) groups is 1. The molecule has 0 heterocycles. The molecule has 0 bridgehead atoms. The molecule has 116 valence electrons. The van der Waals surface area contributed by atoms with Gasteiger partial charge in [-0.2, -0.15) is 0 Å². The van der Waals surface area contributed by atoms with Crippen molar-refractivity contribution in [3.8, 4) is 5.75 Å². The van der Waals surface area contributed by atoms with Gasteiger partial charge in [-0.25, -0.2) is 0 Å². The van der Waals surface area contributed by atoms with Crippen molar-refractivity contribution in [2.24, 2.45) is 5.73 Å². The van der Waals surface area contributed by atoms with Crippen molar-refractivity contribution < 1.29 is 9.53 Å². The van der Waals surface area contributed by atoms with Crippen LogP contribution in [0.25, 0.3) is 0 Å². The molecule has 0 saturated heterocycles. The molecule has 1 aliphatic rings. The van der Waals surface area contributed by atoms with E-state index in [9.17, 15) is 4.79 Å². The molecule has 1 aliphatic carbocycles. The van der Waals surface area contributed by atoms with Crippen molar-refractivity contribution >= 4 is 5.91 Å². The van der Waals surface area contributed by atoms with Crippen LogP contribution in [-0.2, 0) is 11.2 Å². The Morgan fingerprint density at radius 1 is 1.52 bits per heavy atom. The average Bonchev–Trinajstić information content (AvgIpc) is 2.47. The molecule has 0 spiro atoms. The Morgan fingerprint density at radius 3 is 3.10 bits per heavy atom. The number of rotatable bonds is 6. The molecule has 0 fully saturated rings. The number of unbranched alkanes of at least 4 members (excludes halogenated alkanes) is 1. The van der Waals surface area contributed by atoms with Crippen LogP contribution in [0.4, 0.5) is 0 Å². The van der Waals surface area contributed by atoms with Gasteiger partial charge in [0.15, 0.2) is 6.10 Å². The molecule has 4 nitrogen and oxygen atoms in total. The number of benzene rings is 1. The van der Waals surface area contributed by atoms with Gasteiger partial charge < -0.3 is 15.8 Å². The lowest BCUT2D eigenvalue weighted by Gasteiger charge is -2.23. The number of amides is 1. The topological polar surface area (TPSA) is 64.3 Å². The quantitative estimate of drug-likeness (QED) is 0.792. The van der Waals surface area contributed by atoms with Crippen molar-refractivity contribution in [1.29, 1.82) is 0 Å². The van der Waals surface area contributed by atoms with Crippen LogP contribution in [0.1, 0.15) is 56.7 Å². The lowest BCUT2D eigenvalue weighted by atomic mass is 9.88. The number of hydrogen-bond donors (Lipinski definition) is 2. The van der Waals surface area contributed by atoms with Crippen LogP contribution in [0.15, 0.2) is 18.2 Å². The van der Waals surface area contributed by atoms with E-state index in [1.807, 2.05) is 18.2 Å². The molecule has 1 aromatic carbocycles. The molecule has 3 N–H and O–H groups in total. The Labute approximate surface area is 127 Å². The van der Waals surface area contributed by atoms with Gasteiger partial charge in [0, 0.05) is 12.6 Å². The number of hydrogen-bond acceptors (Lipinski definition) is 3. The monoisotopic (exact) mass is 290 g/mol. The Morgan fingerprint density at radius 2 is 2.33 bits per heavy atom. The minimum atomic E-state index is -0.475. The van der Waals surface area contributed by atoms with Gasteiger partial charge in [-0.05, 0) is 55.9 Å². The fourth-order valence-electron chi connectivity index (χ4n) is 2.69. The summed E-state index contributed by atoms with van der Waals surface area (Å²) in [5, 5.41) is 2.89. The van der Waals surface area contributed by atoms with E-state index in [2.05, 4.69) is 12.2 Å². The molecule has 4 heteroatoms. The minimum absolute atomic E-state index is 0.0575. The molecule has 0 aromatic heterocycles. The molecule has 2 atom stereocenters. The summed E-state index contributed by atoms with van der Waals surface area (Å²) >= 11 is 0. The van der Waals surface area contributed by atoms with E-state index >= 15 is 0 Å². The molecule has 1 aromatic rings. The van der Waals surface area contributed by atoms with Crippen molar-refractivity contribution in [2.45, 2.75) is 58.1 Å². The molecule has 0 saturated carbocycles. The number of fused-ring (bicyclic) bond motifs is 1. The molecule has 2 rings (SSSR count). The Bertz CT molecular complexity index is 488. The van der Waals surface area contributed by atoms with Crippen molar-refractivity contribution in [1.82, 2.24) is 5.32 Å². The average molecular weight is 290 g/mol. The Hall–Kier alpha value is -1.55. The third-order valence-electron chi connectivity index (χ3n) is 3.99. The maximum Gasteiger partial charge on any atom is 0.260 e. The van der Waals surface area contributed by atoms with Crippen LogP contribution >= 0.6 is 0 Å². The Kier molecular flexibility index (Phi) is 5.62. The molecule has 21 heavy (non-hydrogen) atoms. The van der Waals surface area contributed by atoms with Crippen LogP contribution < -0.4 is 15.8 Å². The van der Waals surface area contributed by atoms with E-state index in [1.165, 1.54) is 11.1 Å². The van der Waals surface area contributed by atoms with E-state index < -0.39 is 6.10 Å². The summed E-state index contributed by atoms with van der Waals surface area (Å²) in [6.45, 7) is 4.60. The van der Waals surface area contributed by atoms with Crippen LogP contribution in [-0.4, -0.2) is 18.6 Å². The highest BCUT2D eigenvalue weighted by molar-refractivity contribution is 5.80. The van der Waals surface area contributed by atoms with Gasteiger partial charge in [-0.15, -0.1) is 0 Å². The highest BCUT2D eigenvalue weighted by Gasteiger charge is 2.19. The maximum atomic E-state index is 11.9. The number of aryl methyl sites for hydroxylation is 1. The lowest BCUT2D eigenvalue weighted by Crippen LogP contribution is -2.36. The summed E-state index contributed by atoms with van der Waals surface area (Å²) in [4.78, 5) is 11.9.